The fourth-order valence-electron chi connectivity index (χ4n) is 2.68. The summed E-state index contributed by atoms with van der Waals surface area (Å²) in [6.07, 6.45) is 1.59. The second-order valence-electron chi connectivity index (χ2n) is 6.28. The van der Waals surface area contributed by atoms with Gasteiger partial charge in [0.25, 0.3) is 0 Å². The third-order valence-corrected chi connectivity index (χ3v) is 4.75. The Balaban J connectivity index is 1.83. The van der Waals surface area contributed by atoms with Crippen LogP contribution in [0.3, 0.4) is 0 Å². The second kappa shape index (κ2) is 9.45. The minimum absolute atomic E-state index is 0.129. The number of hydrogen-bond donors (Lipinski definition) is 1. The number of aromatic carboxylic acids is 1. The van der Waals surface area contributed by atoms with Crippen LogP contribution < -0.4 is 4.74 Å². The monoisotopic (exact) mass is 441 g/mol. The van der Waals surface area contributed by atoms with Crippen LogP contribution >= 0.6 is 23.2 Å². The maximum atomic E-state index is 13.0. The summed E-state index contributed by atoms with van der Waals surface area (Å²) in [6.45, 7) is 0.161. The molecule has 4 nitrogen and oxygen atoms in total. The highest BCUT2D eigenvalue weighted by Crippen LogP contribution is 2.36. The molecule has 0 radical (unpaired) electrons. The van der Waals surface area contributed by atoms with E-state index in [4.69, 9.17) is 33.0 Å². The maximum Gasteiger partial charge on any atom is 0.335 e. The highest BCUT2D eigenvalue weighted by molar-refractivity contribution is 6.37. The van der Waals surface area contributed by atoms with Gasteiger partial charge in [0.15, 0.2) is 5.75 Å². The Kier molecular flexibility index (Phi) is 6.73. The van der Waals surface area contributed by atoms with Crippen molar-refractivity contribution in [3.05, 3.63) is 98.8 Å². The largest absolute Gasteiger partial charge is 0.486 e. The zero-order valence-corrected chi connectivity index (χ0v) is 16.9. The van der Waals surface area contributed by atoms with Gasteiger partial charge in [-0.2, -0.15) is 5.26 Å². The molecule has 3 aromatic rings. The van der Waals surface area contributed by atoms with E-state index in [2.05, 4.69) is 6.07 Å². The number of benzene rings is 3. The van der Waals surface area contributed by atoms with Gasteiger partial charge >= 0.3 is 5.97 Å². The molecule has 7 heteroatoms. The van der Waals surface area contributed by atoms with Crippen LogP contribution in [0.15, 0.2) is 60.7 Å². The number of nitrogens with zero attached hydrogens (tertiary/aromatic N) is 1. The number of halogens is 3. The first kappa shape index (κ1) is 21.4. The van der Waals surface area contributed by atoms with Gasteiger partial charge in [-0.25, -0.2) is 9.18 Å². The molecule has 0 aliphatic rings. The average molecular weight is 442 g/mol. The minimum Gasteiger partial charge on any atom is -0.486 e. The normalized spacial score (nSPS) is 11.1. The summed E-state index contributed by atoms with van der Waals surface area (Å²) in [5, 5.41) is 19.0. The average Bonchev–Trinajstić information content (AvgIpc) is 2.73. The Bertz CT molecular complexity index is 1130. The van der Waals surface area contributed by atoms with Crippen molar-refractivity contribution in [1.29, 1.82) is 5.26 Å². The number of ether oxygens (including phenoxy) is 1. The lowest BCUT2D eigenvalue weighted by Crippen LogP contribution is -1.97. The van der Waals surface area contributed by atoms with Crippen LogP contribution in [0, 0.1) is 17.1 Å². The van der Waals surface area contributed by atoms with E-state index in [-0.39, 0.29) is 33.8 Å². The molecule has 0 heterocycles. The molecule has 0 atom stereocenters. The van der Waals surface area contributed by atoms with E-state index >= 15 is 0 Å². The van der Waals surface area contributed by atoms with Gasteiger partial charge in [0.1, 0.15) is 12.4 Å². The number of carbonyl (C=O) groups is 1. The molecular formula is C23H14Cl2FNO3. The predicted molar refractivity (Wildman–Crippen MR) is 114 cm³/mol. The van der Waals surface area contributed by atoms with Gasteiger partial charge in [0, 0.05) is 0 Å². The van der Waals surface area contributed by atoms with Crippen molar-refractivity contribution in [1.82, 2.24) is 0 Å². The lowest BCUT2D eigenvalue weighted by molar-refractivity contribution is 0.0697. The SMILES string of the molecule is N#C/C(=C/c1cc(Cl)c(OCc2ccc(F)cc2)c(Cl)c1)c1ccc(C(=O)O)cc1. The van der Waals surface area contributed by atoms with Crippen LogP contribution in [0.25, 0.3) is 11.6 Å². The van der Waals surface area contributed by atoms with E-state index in [9.17, 15) is 14.4 Å². The number of carboxylic acid groups (broad SMARTS) is 1. The van der Waals surface area contributed by atoms with Gasteiger partial charge in [0.05, 0.1) is 27.3 Å². The highest BCUT2D eigenvalue weighted by Gasteiger charge is 2.11. The summed E-state index contributed by atoms with van der Waals surface area (Å²) < 4.78 is 18.7. The molecule has 0 aromatic heterocycles. The van der Waals surface area contributed by atoms with Crippen LogP contribution in [-0.2, 0) is 6.61 Å². The Morgan fingerprint density at radius 1 is 1.03 bits per heavy atom. The lowest BCUT2D eigenvalue weighted by Gasteiger charge is -2.11. The molecule has 150 valence electrons. The van der Waals surface area contributed by atoms with Gasteiger partial charge in [-0.3, -0.25) is 0 Å². The second-order valence-corrected chi connectivity index (χ2v) is 7.10. The molecule has 0 spiro atoms. The fourth-order valence-corrected chi connectivity index (χ4v) is 3.29. The zero-order valence-electron chi connectivity index (χ0n) is 15.4. The van der Waals surface area contributed by atoms with Crippen molar-refractivity contribution in [2.75, 3.05) is 0 Å². The molecular weight excluding hydrogens is 428 g/mol. The molecule has 0 aliphatic heterocycles. The molecule has 0 aliphatic carbocycles. The van der Waals surface area contributed by atoms with Crippen molar-refractivity contribution < 1.29 is 19.0 Å². The first-order valence-corrected chi connectivity index (χ1v) is 9.45. The Hall–Kier alpha value is -3.33. The van der Waals surface area contributed by atoms with Crippen molar-refractivity contribution in [2.24, 2.45) is 0 Å². The van der Waals surface area contributed by atoms with E-state index in [1.54, 1.807) is 42.5 Å². The number of carboxylic acids is 1. The summed E-state index contributed by atoms with van der Waals surface area (Å²) in [4.78, 5) is 11.0. The lowest BCUT2D eigenvalue weighted by atomic mass is 10.0. The van der Waals surface area contributed by atoms with Gasteiger partial charge in [-0.05, 0) is 59.2 Å². The molecule has 1 N–H and O–H groups in total. The van der Waals surface area contributed by atoms with E-state index < -0.39 is 5.97 Å². The number of rotatable bonds is 6. The van der Waals surface area contributed by atoms with Gasteiger partial charge < -0.3 is 9.84 Å². The fraction of sp³-hybridized carbons (Fsp3) is 0.0435. The molecule has 0 saturated heterocycles. The molecule has 30 heavy (non-hydrogen) atoms. The highest BCUT2D eigenvalue weighted by atomic mass is 35.5. The molecule has 0 amide bonds. The molecule has 3 rings (SSSR count). The third-order valence-electron chi connectivity index (χ3n) is 4.19. The van der Waals surface area contributed by atoms with E-state index in [0.29, 0.717) is 16.7 Å². The smallest absolute Gasteiger partial charge is 0.335 e. The summed E-state index contributed by atoms with van der Waals surface area (Å²) in [5.74, 6) is -1.10. The maximum absolute atomic E-state index is 13.0. The Morgan fingerprint density at radius 2 is 1.60 bits per heavy atom. The van der Waals surface area contributed by atoms with Crippen molar-refractivity contribution in [3.63, 3.8) is 0 Å². The van der Waals surface area contributed by atoms with Crippen molar-refractivity contribution >= 4 is 40.8 Å². The topological polar surface area (TPSA) is 70.3 Å². The van der Waals surface area contributed by atoms with Crippen molar-refractivity contribution in [2.45, 2.75) is 6.61 Å². The number of hydrogen-bond acceptors (Lipinski definition) is 3. The van der Waals surface area contributed by atoms with Gasteiger partial charge in [-0.1, -0.05) is 47.5 Å². The summed E-state index contributed by atoms with van der Waals surface area (Å²) in [5.41, 5.74) is 2.34. The third kappa shape index (κ3) is 5.18. The quantitative estimate of drug-likeness (QED) is 0.351. The first-order valence-electron chi connectivity index (χ1n) is 8.69. The summed E-state index contributed by atoms with van der Waals surface area (Å²) >= 11 is 12.6. The predicted octanol–water partition coefficient (Wildman–Crippen LogP) is 6.47. The standard InChI is InChI=1S/C23H14Cl2FNO3/c24-20-10-15(9-18(12-27)16-3-5-17(6-4-16)23(28)29)11-21(25)22(20)30-13-14-1-7-19(26)8-2-14/h1-11H,13H2,(H,28,29)/b18-9-. The Labute approximate surface area is 182 Å². The van der Waals surface area contributed by atoms with Crippen LogP contribution in [0.2, 0.25) is 10.0 Å². The number of nitriles is 1. The summed E-state index contributed by atoms with van der Waals surface area (Å²) in [6, 6.07) is 17.1. The molecule has 0 saturated carbocycles. The van der Waals surface area contributed by atoms with Crippen LogP contribution in [0.5, 0.6) is 5.75 Å². The van der Waals surface area contributed by atoms with Crippen LogP contribution in [0.4, 0.5) is 4.39 Å². The summed E-state index contributed by atoms with van der Waals surface area (Å²) in [7, 11) is 0. The molecule has 0 bridgehead atoms. The number of allylic oxidation sites excluding steroid dienone is 1. The molecule has 3 aromatic carbocycles. The van der Waals surface area contributed by atoms with Crippen LogP contribution in [0.1, 0.15) is 27.0 Å². The van der Waals surface area contributed by atoms with E-state index in [1.807, 2.05) is 0 Å². The van der Waals surface area contributed by atoms with E-state index in [1.165, 1.54) is 24.3 Å². The van der Waals surface area contributed by atoms with Gasteiger partial charge in [0.2, 0.25) is 0 Å². The minimum atomic E-state index is -1.04. The van der Waals surface area contributed by atoms with Crippen molar-refractivity contribution in [3.8, 4) is 11.8 Å². The first-order chi connectivity index (χ1) is 14.4. The molecule has 0 unspecified atom stereocenters. The van der Waals surface area contributed by atoms with E-state index in [0.717, 1.165) is 5.56 Å². The van der Waals surface area contributed by atoms with Gasteiger partial charge in [-0.15, -0.1) is 0 Å². The zero-order chi connectivity index (χ0) is 21.7. The Morgan fingerprint density at radius 3 is 2.13 bits per heavy atom. The van der Waals surface area contributed by atoms with Crippen LogP contribution in [-0.4, -0.2) is 11.1 Å². The molecule has 0 fully saturated rings.